The molecule has 0 aliphatic heterocycles. The van der Waals surface area contributed by atoms with Crippen LogP contribution in [0.4, 0.5) is 5.69 Å². The van der Waals surface area contributed by atoms with Crippen LogP contribution in [0.3, 0.4) is 0 Å². The Labute approximate surface area is 157 Å². The second-order valence-corrected chi connectivity index (χ2v) is 7.45. The molecule has 0 heterocycles. The number of amides is 1. The van der Waals surface area contributed by atoms with Crippen LogP contribution in [-0.2, 0) is 14.6 Å². The summed E-state index contributed by atoms with van der Waals surface area (Å²) in [4.78, 5) is 24.7. The van der Waals surface area contributed by atoms with Gasteiger partial charge in [-0.25, -0.2) is 13.2 Å². The molecule has 2 rings (SSSR count). The number of ether oxygens (including phenoxy) is 3. The van der Waals surface area contributed by atoms with Gasteiger partial charge in [-0.05, 0) is 12.1 Å². The monoisotopic (exact) mass is 393 g/mol. The van der Waals surface area contributed by atoms with Gasteiger partial charge in [-0.3, -0.25) is 4.79 Å². The number of carbonyl (C=O) groups excluding carboxylic acids is 2. The van der Waals surface area contributed by atoms with Gasteiger partial charge in [0.25, 0.3) is 5.91 Å². The van der Waals surface area contributed by atoms with Gasteiger partial charge in [0, 0.05) is 18.4 Å². The number of esters is 1. The number of anilines is 1. The fraction of sp³-hybridized carbons (Fsp3) is 0.222. The molecule has 0 aromatic heterocycles. The Morgan fingerprint density at radius 2 is 1.52 bits per heavy atom. The first-order valence-electron chi connectivity index (χ1n) is 7.67. The molecule has 0 atom stereocenters. The lowest BCUT2D eigenvalue weighted by Crippen LogP contribution is -2.18. The third-order valence-electron chi connectivity index (χ3n) is 3.71. The van der Waals surface area contributed by atoms with E-state index < -0.39 is 21.7 Å². The van der Waals surface area contributed by atoms with Crippen LogP contribution in [-0.4, -0.2) is 47.9 Å². The lowest BCUT2D eigenvalue weighted by molar-refractivity contribution is 0.0601. The molecule has 27 heavy (non-hydrogen) atoms. The van der Waals surface area contributed by atoms with Crippen molar-refractivity contribution >= 4 is 27.4 Å². The normalized spacial score (nSPS) is 10.8. The Morgan fingerprint density at radius 3 is 2.07 bits per heavy atom. The number of nitrogens with one attached hydrogen (secondary N) is 1. The Morgan fingerprint density at radius 1 is 0.926 bits per heavy atom. The van der Waals surface area contributed by atoms with E-state index in [1.165, 1.54) is 51.7 Å². The number of benzene rings is 2. The Balaban J connectivity index is 2.54. The molecule has 9 heteroatoms. The van der Waals surface area contributed by atoms with Crippen molar-refractivity contribution in [3.8, 4) is 11.5 Å². The van der Waals surface area contributed by atoms with Crippen molar-refractivity contribution in [3.05, 3.63) is 47.5 Å². The van der Waals surface area contributed by atoms with Crippen molar-refractivity contribution in [1.29, 1.82) is 0 Å². The quantitative estimate of drug-likeness (QED) is 0.749. The summed E-state index contributed by atoms with van der Waals surface area (Å²) in [5.41, 5.74) is 0.0683. The molecule has 0 spiro atoms. The molecule has 0 fully saturated rings. The van der Waals surface area contributed by atoms with Crippen LogP contribution in [0.5, 0.6) is 11.5 Å². The van der Waals surface area contributed by atoms with E-state index >= 15 is 0 Å². The van der Waals surface area contributed by atoms with E-state index in [0.29, 0.717) is 0 Å². The molecule has 0 unspecified atom stereocenters. The average molecular weight is 393 g/mol. The standard InChI is InChI=1S/C18H19NO7S/c1-24-14-9-12(18(21)26-3)13(10-15(14)25-2)19-17(20)11-7-5-6-8-16(11)27(4,22)23/h5-10H,1-4H3,(H,19,20). The largest absolute Gasteiger partial charge is 0.493 e. The Bertz CT molecular complexity index is 983. The predicted molar refractivity (Wildman–Crippen MR) is 98.4 cm³/mol. The van der Waals surface area contributed by atoms with Gasteiger partial charge in [0.2, 0.25) is 0 Å². The van der Waals surface area contributed by atoms with Crippen LogP contribution in [0, 0.1) is 0 Å². The number of rotatable bonds is 6. The summed E-state index contributed by atoms with van der Waals surface area (Å²) < 4.78 is 38.9. The van der Waals surface area contributed by atoms with E-state index in [2.05, 4.69) is 5.32 Å². The van der Waals surface area contributed by atoms with E-state index in [4.69, 9.17) is 14.2 Å². The summed E-state index contributed by atoms with van der Waals surface area (Å²) in [5.74, 6) is -0.861. The Kier molecular flexibility index (Phi) is 6.06. The highest BCUT2D eigenvalue weighted by Gasteiger charge is 2.22. The topological polar surface area (TPSA) is 108 Å². The molecular formula is C18H19NO7S. The van der Waals surface area contributed by atoms with Crippen LogP contribution in [0.15, 0.2) is 41.3 Å². The highest BCUT2D eigenvalue weighted by Crippen LogP contribution is 2.34. The molecule has 0 aliphatic carbocycles. The summed E-state index contributed by atoms with van der Waals surface area (Å²) >= 11 is 0. The maximum Gasteiger partial charge on any atom is 0.340 e. The SMILES string of the molecule is COC(=O)c1cc(OC)c(OC)cc1NC(=O)c1ccccc1S(C)(=O)=O. The first-order valence-corrected chi connectivity index (χ1v) is 9.56. The van der Waals surface area contributed by atoms with Gasteiger partial charge in [0.15, 0.2) is 21.3 Å². The highest BCUT2D eigenvalue weighted by molar-refractivity contribution is 7.90. The zero-order chi connectivity index (χ0) is 20.2. The summed E-state index contributed by atoms with van der Waals surface area (Å²) in [7, 11) is 0.381. The van der Waals surface area contributed by atoms with Crippen LogP contribution >= 0.6 is 0 Å². The highest BCUT2D eigenvalue weighted by atomic mass is 32.2. The molecule has 1 amide bonds. The first kappa shape index (κ1) is 20.2. The predicted octanol–water partition coefficient (Wildman–Crippen LogP) is 2.15. The molecule has 2 aromatic carbocycles. The number of hydrogen-bond donors (Lipinski definition) is 1. The second-order valence-electron chi connectivity index (χ2n) is 5.47. The first-order chi connectivity index (χ1) is 12.7. The van der Waals surface area contributed by atoms with Gasteiger partial charge in [-0.1, -0.05) is 12.1 Å². The lowest BCUT2D eigenvalue weighted by atomic mass is 10.1. The molecule has 1 N–H and O–H groups in total. The van der Waals surface area contributed by atoms with E-state index in [1.807, 2.05) is 0 Å². The molecule has 2 aromatic rings. The minimum Gasteiger partial charge on any atom is -0.493 e. The minimum absolute atomic E-state index is 0.0281. The van der Waals surface area contributed by atoms with Crippen LogP contribution in [0.1, 0.15) is 20.7 Å². The zero-order valence-electron chi connectivity index (χ0n) is 15.2. The molecule has 0 radical (unpaired) electrons. The van der Waals surface area contributed by atoms with Gasteiger partial charge in [0.1, 0.15) is 0 Å². The molecule has 0 saturated heterocycles. The van der Waals surface area contributed by atoms with Crippen molar-refractivity contribution in [2.45, 2.75) is 4.90 Å². The average Bonchev–Trinajstić information content (AvgIpc) is 2.66. The lowest BCUT2D eigenvalue weighted by Gasteiger charge is -2.15. The van der Waals surface area contributed by atoms with Crippen molar-refractivity contribution in [2.75, 3.05) is 32.9 Å². The molecule has 0 aliphatic rings. The van der Waals surface area contributed by atoms with E-state index in [0.717, 1.165) is 6.26 Å². The summed E-state index contributed by atoms with van der Waals surface area (Å²) in [6.07, 6.45) is 1.01. The van der Waals surface area contributed by atoms with Crippen molar-refractivity contribution in [3.63, 3.8) is 0 Å². The van der Waals surface area contributed by atoms with Crippen LogP contribution in [0.25, 0.3) is 0 Å². The van der Waals surface area contributed by atoms with Crippen molar-refractivity contribution in [2.24, 2.45) is 0 Å². The van der Waals surface area contributed by atoms with Crippen molar-refractivity contribution in [1.82, 2.24) is 0 Å². The molecule has 8 nitrogen and oxygen atoms in total. The Hall–Kier alpha value is -3.07. The van der Waals surface area contributed by atoms with E-state index in [-0.39, 0.29) is 33.2 Å². The van der Waals surface area contributed by atoms with Crippen LogP contribution in [0.2, 0.25) is 0 Å². The smallest absolute Gasteiger partial charge is 0.340 e. The van der Waals surface area contributed by atoms with Gasteiger partial charge < -0.3 is 19.5 Å². The number of methoxy groups -OCH3 is 3. The van der Waals surface area contributed by atoms with Gasteiger partial charge >= 0.3 is 5.97 Å². The summed E-state index contributed by atoms with van der Waals surface area (Å²) in [6, 6.07) is 8.53. The van der Waals surface area contributed by atoms with Gasteiger partial charge in [0.05, 0.1) is 43.0 Å². The fourth-order valence-corrected chi connectivity index (χ4v) is 3.31. The van der Waals surface area contributed by atoms with Crippen LogP contribution < -0.4 is 14.8 Å². The minimum atomic E-state index is -3.62. The van der Waals surface area contributed by atoms with Gasteiger partial charge in [-0.15, -0.1) is 0 Å². The second kappa shape index (κ2) is 8.09. The summed E-state index contributed by atoms with van der Waals surface area (Å²) in [5, 5.41) is 2.54. The van der Waals surface area contributed by atoms with E-state index in [1.54, 1.807) is 6.07 Å². The zero-order valence-corrected chi connectivity index (χ0v) is 16.0. The molecular weight excluding hydrogens is 374 g/mol. The number of hydrogen-bond acceptors (Lipinski definition) is 7. The third kappa shape index (κ3) is 4.37. The molecule has 0 saturated carbocycles. The maximum absolute atomic E-state index is 12.7. The van der Waals surface area contributed by atoms with Gasteiger partial charge in [-0.2, -0.15) is 0 Å². The van der Waals surface area contributed by atoms with E-state index in [9.17, 15) is 18.0 Å². The maximum atomic E-state index is 12.7. The molecule has 0 bridgehead atoms. The van der Waals surface area contributed by atoms with Crippen molar-refractivity contribution < 1.29 is 32.2 Å². The third-order valence-corrected chi connectivity index (χ3v) is 4.86. The summed E-state index contributed by atoms with van der Waals surface area (Å²) in [6.45, 7) is 0. The number of sulfone groups is 1. The number of carbonyl (C=O) groups is 2. The fourth-order valence-electron chi connectivity index (χ4n) is 2.43. The molecule has 144 valence electrons.